The van der Waals surface area contributed by atoms with Crippen molar-refractivity contribution in [2.75, 3.05) is 6.61 Å². The fraction of sp³-hybridized carbons (Fsp3) is 0.0588. The number of carbonyl (C=O) groups excluding carboxylic acids is 1. The van der Waals surface area contributed by atoms with Crippen molar-refractivity contribution in [2.45, 2.75) is 0 Å². The quantitative estimate of drug-likeness (QED) is 0.803. The average Bonchev–Trinajstić information content (AvgIpc) is 2.58. The van der Waals surface area contributed by atoms with Crippen molar-refractivity contribution in [1.29, 1.82) is 5.26 Å². The summed E-state index contributed by atoms with van der Waals surface area (Å²) in [6, 6.07) is 14.4. The summed E-state index contributed by atoms with van der Waals surface area (Å²) in [5, 5.41) is 8.68. The van der Waals surface area contributed by atoms with Crippen LogP contribution in [0, 0.1) is 17.1 Å². The van der Waals surface area contributed by atoms with E-state index >= 15 is 0 Å². The highest BCUT2D eigenvalue weighted by molar-refractivity contribution is 5.78. The zero-order valence-electron chi connectivity index (χ0n) is 12.2. The van der Waals surface area contributed by atoms with Crippen molar-refractivity contribution < 1.29 is 13.9 Å². The van der Waals surface area contributed by atoms with E-state index in [9.17, 15) is 9.18 Å². The van der Waals surface area contributed by atoms with Crippen molar-refractivity contribution >= 4 is 11.6 Å². The highest BCUT2D eigenvalue weighted by atomic mass is 19.1. The predicted octanol–water partition coefficient (Wildman–Crippen LogP) is 2.37. The van der Waals surface area contributed by atoms with E-state index in [1.54, 1.807) is 42.5 Å². The molecule has 0 aliphatic heterocycles. The van der Waals surface area contributed by atoms with Gasteiger partial charge in [-0.25, -0.2) is 4.39 Å². The molecule has 1 amide bonds. The van der Waals surface area contributed by atoms with Crippen molar-refractivity contribution in [2.24, 2.45) is 0 Å². The minimum atomic E-state index is -0.452. The van der Waals surface area contributed by atoms with Crippen LogP contribution in [-0.2, 0) is 4.79 Å². The number of nitrogens with one attached hydrogen (secondary N) is 2. The third-order valence-corrected chi connectivity index (χ3v) is 2.91. The molecule has 0 fully saturated rings. The number of hydrazine groups is 1. The molecule has 0 aliphatic carbocycles. The van der Waals surface area contributed by atoms with Gasteiger partial charge in [-0.15, -0.1) is 0 Å². The molecular formula is C17H14FN3O2. The summed E-state index contributed by atoms with van der Waals surface area (Å²) in [6.45, 7) is 3.43. The summed E-state index contributed by atoms with van der Waals surface area (Å²) < 4.78 is 18.8. The van der Waals surface area contributed by atoms with Gasteiger partial charge >= 0.3 is 0 Å². The Morgan fingerprint density at radius 1 is 1.17 bits per heavy atom. The van der Waals surface area contributed by atoms with E-state index < -0.39 is 11.7 Å². The topological polar surface area (TPSA) is 74.2 Å². The molecule has 6 heteroatoms. The van der Waals surface area contributed by atoms with Crippen LogP contribution in [-0.4, -0.2) is 12.5 Å². The monoisotopic (exact) mass is 311 g/mol. The van der Waals surface area contributed by atoms with E-state index in [4.69, 9.17) is 10.00 Å². The number of carbonyl (C=O) groups is 1. The highest BCUT2D eigenvalue weighted by Crippen LogP contribution is 2.13. The lowest BCUT2D eigenvalue weighted by Gasteiger charge is -2.12. The van der Waals surface area contributed by atoms with Crippen LogP contribution in [0.4, 0.5) is 4.39 Å². The first-order valence-corrected chi connectivity index (χ1v) is 6.72. The number of hydrogen-bond acceptors (Lipinski definition) is 4. The molecule has 0 heterocycles. The Hall–Kier alpha value is -3.33. The molecule has 0 aromatic heterocycles. The van der Waals surface area contributed by atoms with E-state index in [0.717, 1.165) is 0 Å². The molecule has 116 valence electrons. The Labute approximate surface area is 133 Å². The van der Waals surface area contributed by atoms with Gasteiger partial charge in [-0.05, 0) is 36.4 Å². The van der Waals surface area contributed by atoms with E-state index in [1.165, 1.54) is 6.07 Å². The van der Waals surface area contributed by atoms with E-state index in [1.807, 2.05) is 6.07 Å². The van der Waals surface area contributed by atoms with Crippen LogP contribution in [0.3, 0.4) is 0 Å². The molecule has 2 rings (SSSR count). The van der Waals surface area contributed by atoms with Crippen molar-refractivity contribution in [3.05, 3.63) is 72.1 Å². The van der Waals surface area contributed by atoms with Crippen molar-refractivity contribution in [3.8, 4) is 11.8 Å². The summed E-state index contributed by atoms with van der Waals surface area (Å²) >= 11 is 0. The van der Waals surface area contributed by atoms with Crippen molar-refractivity contribution in [3.63, 3.8) is 0 Å². The number of benzene rings is 2. The molecule has 0 saturated heterocycles. The van der Waals surface area contributed by atoms with Crippen LogP contribution in [0.2, 0.25) is 0 Å². The van der Waals surface area contributed by atoms with Gasteiger partial charge in [0.25, 0.3) is 5.91 Å². The lowest BCUT2D eigenvalue weighted by atomic mass is 10.2. The number of rotatable bonds is 6. The van der Waals surface area contributed by atoms with Crippen molar-refractivity contribution in [1.82, 2.24) is 10.9 Å². The SMILES string of the molecule is C=C(NNC(=O)COc1ccc(C#N)cc1)c1ccccc1F. The van der Waals surface area contributed by atoms with Gasteiger partial charge in [0.15, 0.2) is 6.61 Å². The molecule has 0 bridgehead atoms. The van der Waals surface area contributed by atoms with Gasteiger partial charge in [0.05, 0.1) is 17.3 Å². The normalized spacial score (nSPS) is 9.57. The number of halogens is 1. The van der Waals surface area contributed by atoms with Crippen LogP contribution < -0.4 is 15.6 Å². The molecule has 2 aromatic carbocycles. The minimum absolute atomic E-state index is 0.231. The van der Waals surface area contributed by atoms with Crippen LogP contribution >= 0.6 is 0 Å². The molecule has 0 saturated carbocycles. The van der Waals surface area contributed by atoms with E-state index in [0.29, 0.717) is 11.3 Å². The Morgan fingerprint density at radius 3 is 2.52 bits per heavy atom. The molecule has 0 spiro atoms. The molecule has 0 atom stereocenters. The number of hydrogen-bond donors (Lipinski definition) is 2. The first-order chi connectivity index (χ1) is 11.1. The average molecular weight is 311 g/mol. The Balaban J connectivity index is 1.80. The fourth-order valence-electron chi connectivity index (χ4n) is 1.73. The van der Waals surface area contributed by atoms with E-state index in [2.05, 4.69) is 17.4 Å². The number of ether oxygens (including phenoxy) is 1. The Morgan fingerprint density at radius 2 is 1.87 bits per heavy atom. The third kappa shape index (κ3) is 4.58. The largest absolute Gasteiger partial charge is 0.484 e. The van der Waals surface area contributed by atoms with Gasteiger partial charge in [0.2, 0.25) is 0 Å². The number of nitrogens with zero attached hydrogens (tertiary/aromatic N) is 1. The molecule has 23 heavy (non-hydrogen) atoms. The maximum Gasteiger partial charge on any atom is 0.276 e. The summed E-state index contributed by atoms with van der Waals surface area (Å²) in [6.07, 6.45) is 0. The van der Waals surface area contributed by atoms with Gasteiger partial charge in [-0.1, -0.05) is 18.7 Å². The summed E-state index contributed by atoms with van der Waals surface area (Å²) in [5.41, 5.74) is 5.91. The second-order valence-corrected chi connectivity index (χ2v) is 4.56. The van der Waals surface area contributed by atoms with Gasteiger partial charge in [0, 0.05) is 5.56 Å². The van der Waals surface area contributed by atoms with Crippen LogP contribution in [0.5, 0.6) is 5.75 Å². The Kier molecular flexibility index (Phi) is 5.31. The van der Waals surface area contributed by atoms with Crippen LogP contribution in [0.15, 0.2) is 55.1 Å². The first kappa shape index (κ1) is 16.0. The zero-order valence-corrected chi connectivity index (χ0v) is 12.2. The smallest absolute Gasteiger partial charge is 0.276 e. The molecule has 5 nitrogen and oxygen atoms in total. The van der Waals surface area contributed by atoms with Crippen LogP contribution in [0.1, 0.15) is 11.1 Å². The second kappa shape index (κ2) is 7.61. The van der Waals surface area contributed by atoms with E-state index in [-0.39, 0.29) is 17.9 Å². The second-order valence-electron chi connectivity index (χ2n) is 4.56. The summed E-state index contributed by atoms with van der Waals surface area (Å²) in [4.78, 5) is 11.7. The zero-order chi connectivity index (χ0) is 16.7. The molecular weight excluding hydrogens is 297 g/mol. The van der Waals surface area contributed by atoms with Crippen LogP contribution in [0.25, 0.3) is 5.70 Å². The highest BCUT2D eigenvalue weighted by Gasteiger charge is 2.07. The molecule has 0 unspecified atom stereocenters. The minimum Gasteiger partial charge on any atom is -0.484 e. The lowest BCUT2D eigenvalue weighted by Crippen LogP contribution is -2.39. The predicted molar refractivity (Wildman–Crippen MR) is 83.4 cm³/mol. The lowest BCUT2D eigenvalue weighted by molar-refractivity contribution is -0.123. The maximum atomic E-state index is 13.5. The molecule has 0 aliphatic rings. The van der Waals surface area contributed by atoms with Gasteiger partial charge in [-0.2, -0.15) is 5.26 Å². The maximum absolute atomic E-state index is 13.5. The third-order valence-electron chi connectivity index (χ3n) is 2.91. The number of nitriles is 1. The van der Waals surface area contributed by atoms with Gasteiger partial charge in [-0.3, -0.25) is 15.6 Å². The first-order valence-electron chi connectivity index (χ1n) is 6.72. The molecule has 0 radical (unpaired) electrons. The summed E-state index contributed by atoms with van der Waals surface area (Å²) in [7, 11) is 0. The standard InChI is InChI=1S/C17H14FN3O2/c1-12(15-4-2-3-5-16(15)18)20-21-17(22)11-23-14-8-6-13(10-19)7-9-14/h2-9,20H,1,11H2,(H,21,22). The molecule has 2 N–H and O–H groups in total. The fourth-order valence-corrected chi connectivity index (χ4v) is 1.73. The summed E-state index contributed by atoms with van der Waals surface area (Å²) in [5.74, 6) is -0.424. The Bertz CT molecular complexity index is 751. The number of amides is 1. The van der Waals surface area contributed by atoms with Gasteiger partial charge in [0.1, 0.15) is 11.6 Å². The van der Waals surface area contributed by atoms with Gasteiger partial charge < -0.3 is 4.74 Å². The molecule has 2 aromatic rings.